The fourth-order valence-electron chi connectivity index (χ4n) is 3.21. The molecule has 142 valence electrons. The van der Waals surface area contributed by atoms with E-state index in [0.717, 1.165) is 6.07 Å². The van der Waals surface area contributed by atoms with E-state index < -0.39 is 16.4 Å². The van der Waals surface area contributed by atoms with Gasteiger partial charge in [0.25, 0.3) is 5.69 Å². The number of carbonyl (C=O) groups excluding carboxylic acids is 1. The molecule has 3 rings (SSSR count). The Kier molecular flexibility index (Phi) is 5.59. The van der Waals surface area contributed by atoms with Crippen molar-refractivity contribution >= 4 is 44.6 Å². The summed E-state index contributed by atoms with van der Waals surface area (Å²) in [6.07, 6.45) is 1.37. The number of carbonyl (C=O) groups is 1. The van der Waals surface area contributed by atoms with Gasteiger partial charge in [0.05, 0.1) is 27.1 Å². The van der Waals surface area contributed by atoms with Crippen LogP contribution in [-0.2, 0) is 4.79 Å². The van der Waals surface area contributed by atoms with Gasteiger partial charge in [-0.3, -0.25) is 14.9 Å². The minimum Gasteiger partial charge on any atom is -0.392 e. The first-order valence-electron chi connectivity index (χ1n) is 8.41. The average molecular weight is 437 g/mol. The van der Waals surface area contributed by atoms with Crippen molar-refractivity contribution in [3.63, 3.8) is 0 Å². The monoisotopic (exact) mass is 436 g/mol. The molecule has 0 saturated carbocycles. The highest BCUT2D eigenvalue weighted by Gasteiger charge is 2.31. The molecule has 0 bridgehead atoms. The van der Waals surface area contributed by atoms with Gasteiger partial charge in [-0.25, -0.2) is 4.39 Å². The molecule has 1 fully saturated rings. The molecule has 2 aromatic rings. The molecule has 0 radical (unpaired) electrons. The van der Waals surface area contributed by atoms with E-state index in [1.165, 1.54) is 0 Å². The van der Waals surface area contributed by atoms with E-state index in [0.29, 0.717) is 31.6 Å². The molecule has 1 aliphatic heterocycles. The minimum absolute atomic E-state index is 0.132. The number of amides is 1. The van der Waals surface area contributed by atoms with Crippen molar-refractivity contribution < 1.29 is 14.1 Å². The summed E-state index contributed by atoms with van der Waals surface area (Å²) in [7, 11) is 0. The Morgan fingerprint density at radius 3 is 2.74 bits per heavy atom. The third-order valence-electron chi connectivity index (χ3n) is 4.56. The average Bonchev–Trinajstić information content (AvgIpc) is 2.65. The van der Waals surface area contributed by atoms with Gasteiger partial charge in [-0.2, -0.15) is 0 Å². The number of nitro groups is 1. The summed E-state index contributed by atoms with van der Waals surface area (Å²) in [6, 6.07) is 9.93. The lowest BCUT2D eigenvalue weighted by Crippen LogP contribution is -2.41. The SMILES string of the molecule is Nc1c([N+](=O)[O-])cc(F)c(N2CCCC(C(=O)Nc3ccccc3)C2)c1Br. The van der Waals surface area contributed by atoms with Gasteiger partial charge in [0, 0.05) is 18.8 Å². The summed E-state index contributed by atoms with van der Waals surface area (Å²) >= 11 is 3.18. The van der Waals surface area contributed by atoms with E-state index >= 15 is 0 Å². The van der Waals surface area contributed by atoms with Crippen LogP contribution in [-0.4, -0.2) is 23.9 Å². The first-order valence-corrected chi connectivity index (χ1v) is 9.20. The van der Waals surface area contributed by atoms with Crippen LogP contribution in [0.3, 0.4) is 0 Å². The number of benzene rings is 2. The lowest BCUT2D eigenvalue weighted by atomic mass is 9.96. The molecule has 1 aliphatic rings. The van der Waals surface area contributed by atoms with Crippen LogP contribution in [0.2, 0.25) is 0 Å². The number of nitrogens with one attached hydrogen (secondary N) is 1. The molecular weight excluding hydrogens is 419 g/mol. The van der Waals surface area contributed by atoms with Gasteiger partial charge in [0.2, 0.25) is 5.91 Å². The largest absolute Gasteiger partial charge is 0.392 e. The van der Waals surface area contributed by atoms with Crippen molar-refractivity contribution in [1.29, 1.82) is 0 Å². The number of halogens is 2. The Morgan fingerprint density at radius 2 is 2.07 bits per heavy atom. The molecule has 3 N–H and O–H groups in total. The lowest BCUT2D eigenvalue weighted by molar-refractivity contribution is -0.384. The third kappa shape index (κ3) is 4.02. The molecule has 0 aliphatic carbocycles. The highest BCUT2D eigenvalue weighted by Crippen LogP contribution is 2.41. The molecule has 1 atom stereocenters. The van der Waals surface area contributed by atoms with Gasteiger partial charge in [-0.1, -0.05) is 18.2 Å². The van der Waals surface area contributed by atoms with Crippen molar-refractivity contribution in [3.05, 3.63) is 56.8 Å². The second-order valence-corrected chi connectivity index (χ2v) is 7.14. The third-order valence-corrected chi connectivity index (χ3v) is 5.36. The second kappa shape index (κ2) is 7.91. The van der Waals surface area contributed by atoms with Gasteiger partial charge in [0.1, 0.15) is 5.69 Å². The highest BCUT2D eigenvalue weighted by atomic mass is 79.9. The molecule has 1 amide bonds. The van der Waals surface area contributed by atoms with E-state index in [2.05, 4.69) is 21.2 Å². The summed E-state index contributed by atoms with van der Waals surface area (Å²) in [5.74, 6) is -1.22. The molecule has 0 aromatic heterocycles. The number of hydrogen-bond donors (Lipinski definition) is 2. The summed E-state index contributed by atoms with van der Waals surface area (Å²) in [4.78, 5) is 24.6. The van der Waals surface area contributed by atoms with Crippen LogP contribution in [0.25, 0.3) is 0 Å². The van der Waals surface area contributed by atoms with E-state index in [-0.39, 0.29) is 27.7 Å². The van der Waals surface area contributed by atoms with Crippen molar-refractivity contribution in [2.24, 2.45) is 5.92 Å². The second-order valence-electron chi connectivity index (χ2n) is 6.35. The van der Waals surface area contributed by atoms with Gasteiger partial charge in [-0.15, -0.1) is 0 Å². The quantitative estimate of drug-likeness (QED) is 0.429. The Hall–Kier alpha value is -2.68. The van der Waals surface area contributed by atoms with Crippen LogP contribution in [0.4, 0.5) is 27.1 Å². The van der Waals surface area contributed by atoms with Crippen LogP contribution >= 0.6 is 15.9 Å². The lowest BCUT2D eigenvalue weighted by Gasteiger charge is -2.34. The minimum atomic E-state index is -0.744. The Labute approximate surface area is 163 Å². The zero-order valence-electron chi connectivity index (χ0n) is 14.3. The van der Waals surface area contributed by atoms with Gasteiger partial charge in [0.15, 0.2) is 5.82 Å². The van der Waals surface area contributed by atoms with Gasteiger partial charge in [-0.05, 0) is 40.9 Å². The molecule has 2 aromatic carbocycles. The molecule has 7 nitrogen and oxygen atoms in total. The summed E-state index contributed by atoms with van der Waals surface area (Å²) in [6.45, 7) is 0.827. The molecule has 9 heteroatoms. The number of nitrogens with zero attached hydrogens (tertiary/aromatic N) is 2. The van der Waals surface area contributed by atoms with E-state index in [1.807, 2.05) is 18.2 Å². The number of nitro benzene ring substituents is 1. The Morgan fingerprint density at radius 1 is 1.37 bits per heavy atom. The van der Waals surface area contributed by atoms with Crippen LogP contribution in [0.1, 0.15) is 12.8 Å². The summed E-state index contributed by atoms with van der Waals surface area (Å²) in [5, 5.41) is 13.9. The smallest absolute Gasteiger partial charge is 0.296 e. The topological polar surface area (TPSA) is 102 Å². The number of hydrogen-bond acceptors (Lipinski definition) is 5. The maximum Gasteiger partial charge on any atom is 0.296 e. The molecule has 1 saturated heterocycles. The molecule has 27 heavy (non-hydrogen) atoms. The Balaban J connectivity index is 1.81. The molecule has 0 spiro atoms. The maximum absolute atomic E-state index is 14.6. The van der Waals surface area contributed by atoms with E-state index in [9.17, 15) is 19.3 Å². The molecule has 1 heterocycles. The van der Waals surface area contributed by atoms with Crippen molar-refractivity contribution in [1.82, 2.24) is 0 Å². The summed E-state index contributed by atoms with van der Waals surface area (Å²) < 4.78 is 14.7. The van der Waals surface area contributed by atoms with Crippen molar-refractivity contribution in [2.45, 2.75) is 12.8 Å². The zero-order valence-corrected chi connectivity index (χ0v) is 15.9. The molecular formula is C18H18BrFN4O3. The number of nitrogen functional groups attached to an aromatic ring is 1. The van der Waals surface area contributed by atoms with Crippen LogP contribution in [0, 0.1) is 21.8 Å². The van der Waals surface area contributed by atoms with Crippen LogP contribution in [0.15, 0.2) is 40.9 Å². The summed E-state index contributed by atoms with van der Waals surface area (Å²) in [5.41, 5.74) is 6.02. The fraction of sp³-hybridized carbons (Fsp3) is 0.278. The number of nitrogens with two attached hydrogens (primary N) is 1. The predicted octanol–water partition coefficient (Wildman–Crippen LogP) is 3.93. The molecule has 1 unspecified atom stereocenters. The number of piperidine rings is 1. The zero-order chi connectivity index (χ0) is 19.6. The van der Waals surface area contributed by atoms with Crippen molar-refractivity contribution in [2.75, 3.05) is 29.0 Å². The van der Waals surface area contributed by atoms with Crippen molar-refractivity contribution in [3.8, 4) is 0 Å². The van der Waals surface area contributed by atoms with E-state index in [4.69, 9.17) is 5.73 Å². The highest BCUT2D eigenvalue weighted by molar-refractivity contribution is 9.10. The number of anilines is 3. The first kappa shape index (κ1) is 19.1. The van der Waals surface area contributed by atoms with E-state index in [1.54, 1.807) is 17.0 Å². The van der Waals surface area contributed by atoms with Gasteiger partial charge >= 0.3 is 0 Å². The fourth-order valence-corrected chi connectivity index (χ4v) is 3.86. The number of para-hydroxylation sites is 1. The van der Waals surface area contributed by atoms with Gasteiger partial charge < -0.3 is 16.0 Å². The normalized spacial score (nSPS) is 16.8. The maximum atomic E-state index is 14.6. The Bertz CT molecular complexity index is 879. The number of rotatable bonds is 4. The van der Waals surface area contributed by atoms with Crippen LogP contribution in [0.5, 0.6) is 0 Å². The first-order chi connectivity index (χ1) is 12.9. The van der Waals surface area contributed by atoms with Crippen LogP contribution < -0.4 is 16.0 Å². The standard InChI is InChI=1S/C18H18BrFN4O3/c19-15-16(21)14(24(26)27)9-13(20)17(15)23-8-4-5-11(10-23)18(25)22-12-6-2-1-3-7-12/h1-3,6-7,9,11H,4-5,8,10,21H2,(H,22,25). The predicted molar refractivity (Wildman–Crippen MR) is 105 cm³/mol.